The zero-order valence-corrected chi connectivity index (χ0v) is 8.64. The summed E-state index contributed by atoms with van der Waals surface area (Å²) < 4.78 is 0. The van der Waals surface area contributed by atoms with Crippen molar-refractivity contribution in [3.8, 4) is 0 Å². The van der Waals surface area contributed by atoms with E-state index in [1.54, 1.807) is 0 Å². The van der Waals surface area contributed by atoms with E-state index in [4.69, 9.17) is 0 Å². The van der Waals surface area contributed by atoms with Gasteiger partial charge in [-0.3, -0.25) is 0 Å². The standard InChI is InChI=1S/C11H21N/c1-9(2)10-8-11(4-5-11)6-7-12(10)3/h9-10H,4-8H2,1-3H3/t10-/m1/s1. The SMILES string of the molecule is CC(C)[C@H]1CC2(CCN1C)CC2. The molecule has 0 radical (unpaired) electrons. The van der Waals surface area contributed by atoms with Crippen molar-refractivity contribution in [2.75, 3.05) is 13.6 Å². The van der Waals surface area contributed by atoms with Crippen LogP contribution in [0.3, 0.4) is 0 Å². The molecule has 1 nitrogen and oxygen atoms in total. The second-order valence-electron chi connectivity index (χ2n) is 5.25. The minimum absolute atomic E-state index is 0.821. The Morgan fingerprint density at radius 1 is 1.25 bits per heavy atom. The molecule has 0 aromatic rings. The van der Waals surface area contributed by atoms with Gasteiger partial charge in [-0.25, -0.2) is 0 Å². The Balaban J connectivity index is 2.00. The predicted molar refractivity (Wildman–Crippen MR) is 52.2 cm³/mol. The number of rotatable bonds is 1. The van der Waals surface area contributed by atoms with Crippen LogP contribution in [-0.2, 0) is 0 Å². The van der Waals surface area contributed by atoms with Crippen molar-refractivity contribution in [1.29, 1.82) is 0 Å². The first kappa shape index (κ1) is 8.55. The van der Waals surface area contributed by atoms with Gasteiger partial charge < -0.3 is 4.90 Å². The number of likely N-dealkylation sites (tertiary alicyclic amines) is 1. The van der Waals surface area contributed by atoms with Crippen molar-refractivity contribution in [3.05, 3.63) is 0 Å². The lowest BCUT2D eigenvalue weighted by Gasteiger charge is -2.39. The van der Waals surface area contributed by atoms with E-state index in [2.05, 4.69) is 25.8 Å². The molecule has 2 rings (SSSR count). The first-order valence-corrected chi connectivity index (χ1v) is 5.33. The number of piperidine rings is 1. The van der Waals surface area contributed by atoms with Crippen LogP contribution in [-0.4, -0.2) is 24.5 Å². The fourth-order valence-corrected chi connectivity index (χ4v) is 2.66. The zero-order valence-electron chi connectivity index (χ0n) is 8.64. The molecule has 1 aliphatic carbocycles. The Morgan fingerprint density at radius 2 is 1.92 bits per heavy atom. The van der Waals surface area contributed by atoms with Gasteiger partial charge >= 0.3 is 0 Å². The Hall–Kier alpha value is -0.0400. The minimum Gasteiger partial charge on any atom is -0.303 e. The molecule has 1 spiro atoms. The van der Waals surface area contributed by atoms with Crippen LogP contribution < -0.4 is 0 Å². The van der Waals surface area contributed by atoms with Crippen LogP contribution in [0.4, 0.5) is 0 Å². The molecule has 1 saturated carbocycles. The molecule has 2 aliphatic rings. The Labute approximate surface area is 76.1 Å². The van der Waals surface area contributed by atoms with Crippen LogP contribution in [0.5, 0.6) is 0 Å². The van der Waals surface area contributed by atoms with Gasteiger partial charge in [-0.15, -0.1) is 0 Å². The first-order chi connectivity index (χ1) is 5.63. The molecule has 1 heteroatoms. The average molecular weight is 167 g/mol. The number of hydrogen-bond donors (Lipinski definition) is 0. The smallest absolute Gasteiger partial charge is 0.0120 e. The lowest BCUT2D eigenvalue weighted by Crippen LogP contribution is -2.43. The molecule has 1 aliphatic heterocycles. The second-order valence-corrected chi connectivity index (χ2v) is 5.25. The van der Waals surface area contributed by atoms with Gasteiger partial charge in [-0.1, -0.05) is 13.8 Å². The Morgan fingerprint density at radius 3 is 2.42 bits per heavy atom. The van der Waals surface area contributed by atoms with Crippen molar-refractivity contribution >= 4 is 0 Å². The van der Waals surface area contributed by atoms with Gasteiger partial charge in [0.2, 0.25) is 0 Å². The molecule has 1 heterocycles. The predicted octanol–water partition coefficient (Wildman–Crippen LogP) is 2.52. The molecule has 0 amide bonds. The third-order valence-electron chi connectivity index (χ3n) is 3.93. The molecule has 12 heavy (non-hydrogen) atoms. The van der Waals surface area contributed by atoms with Gasteiger partial charge in [0.1, 0.15) is 0 Å². The summed E-state index contributed by atoms with van der Waals surface area (Å²) in [4.78, 5) is 2.56. The largest absolute Gasteiger partial charge is 0.303 e. The molecule has 1 atom stereocenters. The van der Waals surface area contributed by atoms with Gasteiger partial charge in [-0.2, -0.15) is 0 Å². The Bertz CT molecular complexity index is 170. The highest BCUT2D eigenvalue weighted by Gasteiger charge is 2.47. The van der Waals surface area contributed by atoms with E-state index in [1.807, 2.05) is 0 Å². The van der Waals surface area contributed by atoms with Crippen LogP contribution in [0.1, 0.15) is 39.5 Å². The second kappa shape index (κ2) is 2.73. The monoisotopic (exact) mass is 167 g/mol. The topological polar surface area (TPSA) is 3.24 Å². The van der Waals surface area contributed by atoms with Crippen molar-refractivity contribution in [2.45, 2.75) is 45.6 Å². The van der Waals surface area contributed by atoms with Gasteiger partial charge in [0.15, 0.2) is 0 Å². The summed E-state index contributed by atoms with van der Waals surface area (Å²) >= 11 is 0. The van der Waals surface area contributed by atoms with Gasteiger partial charge in [0.25, 0.3) is 0 Å². The lowest BCUT2D eigenvalue weighted by atomic mass is 9.83. The van der Waals surface area contributed by atoms with E-state index < -0.39 is 0 Å². The summed E-state index contributed by atoms with van der Waals surface area (Å²) in [6, 6.07) is 0.862. The van der Waals surface area contributed by atoms with Crippen molar-refractivity contribution in [3.63, 3.8) is 0 Å². The number of nitrogens with zero attached hydrogens (tertiary/aromatic N) is 1. The highest BCUT2D eigenvalue weighted by atomic mass is 15.1. The van der Waals surface area contributed by atoms with E-state index in [1.165, 1.54) is 32.2 Å². The summed E-state index contributed by atoms with van der Waals surface area (Å²) in [6.45, 7) is 6.06. The highest BCUT2D eigenvalue weighted by Crippen LogP contribution is 2.55. The third-order valence-corrected chi connectivity index (χ3v) is 3.93. The summed E-state index contributed by atoms with van der Waals surface area (Å²) in [5, 5.41) is 0. The molecular formula is C11H21N. The summed E-state index contributed by atoms with van der Waals surface area (Å²) in [6.07, 6.45) is 5.97. The maximum atomic E-state index is 2.56. The summed E-state index contributed by atoms with van der Waals surface area (Å²) in [7, 11) is 2.29. The quantitative estimate of drug-likeness (QED) is 0.580. The van der Waals surface area contributed by atoms with Crippen LogP contribution in [0.25, 0.3) is 0 Å². The van der Waals surface area contributed by atoms with Gasteiger partial charge in [0, 0.05) is 6.04 Å². The van der Waals surface area contributed by atoms with E-state index in [0.29, 0.717) is 0 Å². The molecule has 70 valence electrons. The normalized spacial score (nSPS) is 34.5. The van der Waals surface area contributed by atoms with Crippen LogP contribution >= 0.6 is 0 Å². The van der Waals surface area contributed by atoms with E-state index >= 15 is 0 Å². The van der Waals surface area contributed by atoms with E-state index in [-0.39, 0.29) is 0 Å². The fourth-order valence-electron chi connectivity index (χ4n) is 2.66. The van der Waals surface area contributed by atoms with Crippen LogP contribution in [0.2, 0.25) is 0 Å². The third kappa shape index (κ3) is 1.39. The van der Waals surface area contributed by atoms with Crippen molar-refractivity contribution in [1.82, 2.24) is 4.90 Å². The maximum absolute atomic E-state index is 2.56. The zero-order chi connectivity index (χ0) is 8.77. The molecular weight excluding hydrogens is 146 g/mol. The molecule has 2 fully saturated rings. The number of hydrogen-bond acceptors (Lipinski definition) is 1. The van der Waals surface area contributed by atoms with Gasteiger partial charge in [-0.05, 0) is 50.6 Å². The molecule has 0 N–H and O–H groups in total. The van der Waals surface area contributed by atoms with Crippen molar-refractivity contribution in [2.24, 2.45) is 11.3 Å². The molecule has 0 unspecified atom stereocenters. The first-order valence-electron chi connectivity index (χ1n) is 5.33. The van der Waals surface area contributed by atoms with E-state index in [0.717, 1.165) is 17.4 Å². The minimum atomic E-state index is 0.821. The Kier molecular flexibility index (Phi) is 1.95. The highest BCUT2D eigenvalue weighted by molar-refractivity contribution is 5.00. The average Bonchev–Trinajstić information content (AvgIpc) is 2.76. The molecule has 0 aromatic heterocycles. The van der Waals surface area contributed by atoms with Crippen LogP contribution in [0.15, 0.2) is 0 Å². The molecule has 1 saturated heterocycles. The van der Waals surface area contributed by atoms with Crippen molar-refractivity contribution < 1.29 is 0 Å². The lowest BCUT2D eigenvalue weighted by molar-refractivity contribution is 0.0966. The summed E-state index contributed by atoms with van der Waals surface area (Å²) in [5.41, 5.74) is 0.821. The molecule has 0 bridgehead atoms. The summed E-state index contributed by atoms with van der Waals surface area (Å²) in [5.74, 6) is 0.841. The maximum Gasteiger partial charge on any atom is 0.0120 e. The van der Waals surface area contributed by atoms with Crippen LogP contribution in [0, 0.1) is 11.3 Å². The van der Waals surface area contributed by atoms with Gasteiger partial charge in [0.05, 0.1) is 0 Å². The van der Waals surface area contributed by atoms with E-state index in [9.17, 15) is 0 Å². The molecule has 0 aromatic carbocycles. The fraction of sp³-hybridized carbons (Fsp3) is 1.00.